The summed E-state index contributed by atoms with van der Waals surface area (Å²) in [6, 6.07) is 12.5. The highest BCUT2D eigenvalue weighted by molar-refractivity contribution is 7.89. The Kier molecular flexibility index (Phi) is 7.38. The van der Waals surface area contributed by atoms with Crippen LogP contribution in [0.4, 0.5) is 0 Å². The van der Waals surface area contributed by atoms with Crippen LogP contribution in [0, 0.1) is 19.8 Å². The number of carbonyl (C=O) groups is 1. The van der Waals surface area contributed by atoms with Crippen LogP contribution >= 0.6 is 0 Å². The number of benzene rings is 2. The first kappa shape index (κ1) is 23.3. The van der Waals surface area contributed by atoms with Gasteiger partial charge < -0.3 is 10.1 Å². The Hall–Kier alpha value is -2.38. The van der Waals surface area contributed by atoms with Gasteiger partial charge in [-0.2, -0.15) is 4.31 Å². The molecular formula is C24H32N2O4S. The first-order valence-corrected chi connectivity index (χ1v) is 12.2. The van der Waals surface area contributed by atoms with Crippen LogP contribution in [0.3, 0.4) is 0 Å². The molecule has 0 aliphatic carbocycles. The maximum absolute atomic E-state index is 13.1. The summed E-state index contributed by atoms with van der Waals surface area (Å²) in [5.74, 6) is 0.161. The van der Waals surface area contributed by atoms with E-state index in [1.807, 2.05) is 6.92 Å². The highest BCUT2D eigenvalue weighted by Crippen LogP contribution is 2.27. The molecule has 0 saturated carbocycles. The van der Waals surface area contributed by atoms with Crippen molar-refractivity contribution in [2.24, 2.45) is 5.92 Å². The third-order valence-corrected chi connectivity index (χ3v) is 7.99. The topological polar surface area (TPSA) is 75.7 Å². The lowest BCUT2D eigenvalue weighted by Crippen LogP contribution is -2.46. The van der Waals surface area contributed by atoms with E-state index < -0.39 is 10.0 Å². The number of nitrogens with zero attached hydrogens (tertiary/aromatic N) is 1. The molecule has 2 aromatic carbocycles. The normalized spacial score (nSPS) is 18.4. The van der Waals surface area contributed by atoms with Crippen molar-refractivity contribution in [1.82, 2.24) is 9.62 Å². The van der Waals surface area contributed by atoms with Crippen molar-refractivity contribution in [2.45, 2.75) is 51.0 Å². The summed E-state index contributed by atoms with van der Waals surface area (Å²) >= 11 is 0. The average molecular weight is 445 g/mol. The number of hydrogen-bond acceptors (Lipinski definition) is 4. The molecule has 7 heteroatoms. The van der Waals surface area contributed by atoms with E-state index in [1.54, 1.807) is 31.4 Å². The summed E-state index contributed by atoms with van der Waals surface area (Å²) in [6.07, 6.45) is 2.12. The second-order valence-electron chi connectivity index (χ2n) is 8.19. The molecule has 2 unspecified atom stereocenters. The number of hydrogen-bond donors (Lipinski definition) is 1. The molecule has 0 radical (unpaired) electrons. The Bertz CT molecular complexity index is 1020. The summed E-state index contributed by atoms with van der Waals surface area (Å²) in [6.45, 7) is 6.80. The Morgan fingerprint density at radius 2 is 1.87 bits per heavy atom. The van der Waals surface area contributed by atoms with Gasteiger partial charge in [0.25, 0.3) is 0 Å². The lowest BCUT2D eigenvalue weighted by molar-refractivity contribution is -0.126. The van der Waals surface area contributed by atoms with E-state index in [0.29, 0.717) is 25.1 Å². The molecule has 2 atom stereocenters. The van der Waals surface area contributed by atoms with Gasteiger partial charge in [0.2, 0.25) is 15.9 Å². The van der Waals surface area contributed by atoms with Gasteiger partial charge in [0.05, 0.1) is 24.0 Å². The van der Waals surface area contributed by atoms with Gasteiger partial charge in [0, 0.05) is 13.1 Å². The molecule has 31 heavy (non-hydrogen) atoms. The van der Waals surface area contributed by atoms with E-state index in [1.165, 1.54) is 15.4 Å². The van der Waals surface area contributed by atoms with Crippen LogP contribution in [0.5, 0.6) is 5.75 Å². The molecule has 2 aromatic rings. The van der Waals surface area contributed by atoms with Gasteiger partial charge in [-0.15, -0.1) is 0 Å². The molecule has 1 amide bonds. The number of amides is 1. The number of sulfonamides is 1. The molecule has 0 spiro atoms. The van der Waals surface area contributed by atoms with Gasteiger partial charge in [-0.05, 0) is 74.1 Å². The van der Waals surface area contributed by atoms with Crippen LogP contribution in [0.25, 0.3) is 0 Å². The van der Waals surface area contributed by atoms with Crippen LogP contribution < -0.4 is 10.1 Å². The minimum absolute atomic E-state index is 0.0830. The summed E-state index contributed by atoms with van der Waals surface area (Å²) < 4.78 is 32.7. The van der Waals surface area contributed by atoms with Crippen LogP contribution in [0.1, 0.15) is 48.9 Å². The molecule has 3 rings (SSSR count). The van der Waals surface area contributed by atoms with Crippen molar-refractivity contribution >= 4 is 15.9 Å². The SMILES string of the molecule is CCC(NC(=O)C1CCCN(S(=O)(=O)c2ccc(OC)cc2)C1)c1ccc(C)c(C)c1. The van der Waals surface area contributed by atoms with Gasteiger partial charge in [-0.25, -0.2) is 8.42 Å². The molecule has 168 valence electrons. The predicted molar refractivity (Wildman–Crippen MR) is 122 cm³/mol. The number of rotatable bonds is 7. The van der Waals surface area contributed by atoms with E-state index in [9.17, 15) is 13.2 Å². The number of nitrogens with one attached hydrogen (secondary N) is 1. The molecule has 1 saturated heterocycles. The maximum Gasteiger partial charge on any atom is 0.243 e. The molecule has 6 nitrogen and oxygen atoms in total. The Morgan fingerprint density at radius 1 is 1.16 bits per heavy atom. The lowest BCUT2D eigenvalue weighted by atomic mass is 9.96. The van der Waals surface area contributed by atoms with Gasteiger partial charge in [-0.3, -0.25) is 4.79 Å². The number of aryl methyl sites for hydroxylation is 2. The Morgan fingerprint density at radius 3 is 2.48 bits per heavy atom. The highest BCUT2D eigenvalue weighted by Gasteiger charge is 2.34. The van der Waals surface area contributed by atoms with Crippen LogP contribution in [-0.4, -0.2) is 38.8 Å². The summed E-state index contributed by atoms with van der Waals surface area (Å²) in [4.78, 5) is 13.3. The van der Waals surface area contributed by atoms with Gasteiger partial charge in [-0.1, -0.05) is 25.1 Å². The van der Waals surface area contributed by atoms with Gasteiger partial charge in [0.15, 0.2) is 0 Å². The molecule has 1 N–H and O–H groups in total. The second-order valence-corrected chi connectivity index (χ2v) is 10.1. The fourth-order valence-corrected chi connectivity index (χ4v) is 5.49. The largest absolute Gasteiger partial charge is 0.497 e. The fourth-order valence-electron chi connectivity index (χ4n) is 3.96. The highest BCUT2D eigenvalue weighted by atomic mass is 32.2. The number of carbonyl (C=O) groups excluding carboxylic acids is 1. The summed E-state index contributed by atoms with van der Waals surface area (Å²) in [5, 5.41) is 3.15. The summed E-state index contributed by atoms with van der Waals surface area (Å²) in [7, 11) is -2.11. The maximum atomic E-state index is 13.1. The van der Waals surface area contributed by atoms with Crippen molar-refractivity contribution in [3.63, 3.8) is 0 Å². The smallest absolute Gasteiger partial charge is 0.243 e. The summed E-state index contributed by atoms with van der Waals surface area (Å²) in [5.41, 5.74) is 3.49. The molecule has 1 aliphatic heterocycles. The van der Waals surface area contributed by atoms with Gasteiger partial charge in [0.1, 0.15) is 5.75 Å². The third kappa shape index (κ3) is 5.28. The first-order chi connectivity index (χ1) is 14.8. The predicted octanol–water partition coefficient (Wildman–Crippen LogP) is 3.98. The number of ether oxygens (including phenoxy) is 1. The molecule has 1 aliphatic rings. The number of piperidine rings is 1. The van der Waals surface area contributed by atoms with E-state index in [-0.39, 0.29) is 29.3 Å². The quantitative estimate of drug-likeness (QED) is 0.701. The molecular weight excluding hydrogens is 412 g/mol. The Balaban J connectivity index is 1.71. The van der Waals surface area contributed by atoms with Crippen molar-refractivity contribution in [2.75, 3.05) is 20.2 Å². The zero-order chi connectivity index (χ0) is 22.6. The average Bonchev–Trinajstić information content (AvgIpc) is 2.79. The van der Waals surface area contributed by atoms with Crippen molar-refractivity contribution in [1.29, 1.82) is 0 Å². The van der Waals surface area contributed by atoms with E-state index >= 15 is 0 Å². The first-order valence-electron chi connectivity index (χ1n) is 10.8. The molecule has 0 bridgehead atoms. The van der Waals surface area contributed by atoms with Crippen molar-refractivity contribution in [3.8, 4) is 5.75 Å². The van der Waals surface area contributed by atoms with Crippen molar-refractivity contribution < 1.29 is 17.9 Å². The number of methoxy groups -OCH3 is 1. The monoisotopic (exact) mass is 444 g/mol. The van der Waals surface area contributed by atoms with E-state index in [2.05, 4.69) is 37.4 Å². The van der Waals surface area contributed by atoms with Crippen LogP contribution in [0.15, 0.2) is 47.4 Å². The third-order valence-electron chi connectivity index (χ3n) is 6.11. The van der Waals surface area contributed by atoms with Crippen LogP contribution in [-0.2, 0) is 14.8 Å². The fraction of sp³-hybridized carbons (Fsp3) is 0.458. The molecule has 1 fully saturated rings. The van der Waals surface area contributed by atoms with Gasteiger partial charge >= 0.3 is 0 Å². The minimum Gasteiger partial charge on any atom is -0.497 e. The van der Waals surface area contributed by atoms with E-state index in [0.717, 1.165) is 12.0 Å². The second kappa shape index (κ2) is 9.83. The molecule has 0 aromatic heterocycles. The molecule has 1 heterocycles. The minimum atomic E-state index is -3.65. The van der Waals surface area contributed by atoms with E-state index in [4.69, 9.17) is 4.74 Å². The lowest BCUT2D eigenvalue weighted by Gasteiger charge is -2.32. The van der Waals surface area contributed by atoms with Crippen LogP contribution in [0.2, 0.25) is 0 Å². The van der Waals surface area contributed by atoms with Crippen molar-refractivity contribution in [3.05, 3.63) is 59.2 Å². The standard InChI is InChI=1S/C24H32N2O4S/c1-5-23(19-9-8-17(2)18(3)15-19)25-24(27)20-7-6-14-26(16-20)31(28,29)22-12-10-21(30-4)11-13-22/h8-13,15,20,23H,5-7,14,16H2,1-4H3,(H,25,27). The zero-order valence-corrected chi connectivity index (χ0v) is 19.5. The Labute approximate surface area is 185 Å². The zero-order valence-electron chi connectivity index (χ0n) is 18.7.